The fourth-order valence-corrected chi connectivity index (χ4v) is 1.79. The van der Waals surface area contributed by atoms with Crippen molar-refractivity contribution in [1.82, 2.24) is 9.55 Å². The first kappa shape index (κ1) is 9.88. The topological polar surface area (TPSA) is 78.0 Å². The van der Waals surface area contributed by atoms with E-state index in [1.165, 1.54) is 12.1 Å². The molecule has 1 aromatic carbocycles. The van der Waals surface area contributed by atoms with Gasteiger partial charge in [-0.2, -0.15) is 0 Å². The first-order valence-electron chi connectivity index (χ1n) is 4.18. The van der Waals surface area contributed by atoms with Crippen LogP contribution in [0.3, 0.4) is 0 Å². The predicted molar refractivity (Wildman–Crippen MR) is 54.9 cm³/mol. The van der Waals surface area contributed by atoms with Crippen LogP contribution in [0.15, 0.2) is 47.9 Å². The molecule has 0 amide bonds. The molecule has 0 saturated heterocycles. The molecule has 0 bridgehead atoms. The van der Waals surface area contributed by atoms with E-state index in [1.54, 1.807) is 35.4 Å². The summed E-state index contributed by atoms with van der Waals surface area (Å²) in [6.45, 7) is 0. The van der Waals surface area contributed by atoms with E-state index in [-0.39, 0.29) is 4.90 Å². The smallest absolute Gasteiger partial charge is 0.238 e. The van der Waals surface area contributed by atoms with Gasteiger partial charge in [0, 0.05) is 18.1 Å². The molecule has 5 nitrogen and oxygen atoms in total. The molecule has 2 aromatic rings. The Balaban J connectivity index is 2.53. The number of nitrogens with zero attached hydrogens (tertiary/aromatic N) is 2. The highest BCUT2D eigenvalue weighted by Gasteiger charge is 2.08. The largest absolute Gasteiger partial charge is 0.306 e. The molecule has 1 heterocycles. The SMILES string of the molecule is NS(=O)(=O)c1cccc(-n2ccnc2)c1. The minimum Gasteiger partial charge on any atom is -0.306 e. The fourth-order valence-electron chi connectivity index (χ4n) is 1.23. The molecule has 6 heteroatoms. The average molecular weight is 223 g/mol. The van der Waals surface area contributed by atoms with Crippen LogP contribution in [-0.2, 0) is 10.0 Å². The van der Waals surface area contributed by atoms with Crippen molar-refractivity contribution < 1.29 is 8.42 Å². The number of hydrogen-bond donors (Lipinski definition) is 1. The van der Waals surface area contributed by atoms with Crippen molar-refractivity contribution in [2.24, 2.45) is 5.14 Å². The lowest BCUT2D eigenvalue weighted by molar-refractivity contribution is 0.597. The third kappa shape index (κ3) is 2.05. The number of primary sulfonamides is 1. The molecular formula is C9H9N3O2S. The van der Waals surface area contributed by atoms with Gasteiger partial charge in [-0.3, -0.25) is 0 Å². The maximum Gasteiger partial charge on any atom is 0.238 e. The van der Waals surface area contributed by atoms with Gasteiger partial charge in [-0.15, -0.1) is 0 Å². The number of rotatable bonds is 2. The van der Waals surface area contributed by atoms with Gasteiger partial charge in [0.15, 0.2) is 0 Å². The molecule has 0 aliphatic carbocycles. The second-order valence-electron chi connectivity index (χ2n) is 3.01. The summed E-state index contributed by atoms with van der Waals surface area (Å²) in [5, 5.41) is 5.03. The lowest BCUT2D eigenvalue weighted by Crippen LogP contribution is -2.12. The van der Waals surface area contributed by atoms with Crippen LogP contribution in [0.2, 0.25) is 0 Å². The third-order valence-electron chi connectivity index (χ3n) is 1.95. The van der Waals surface area contributed by atoms with Crippen LogP contribution in [-0.4, -0.2) is 18.0 Å². The molecule has 0 fully saturated rings. The van der Waals surface area contributed by atoms with E-state index >= 15 is 0 Å². The predicted octanol–water partition coefficient (Wildman–Crippen LogP) is 0.520. The van der Waals surface area contributed by atoms with E-state index in [0.717, 1.165) is 0 Å². The van der Waals surface area contributed by atoms with Crippen molar-refractivity contribution in [3.05, 3.63) is 43.0 Å². The van der Waals surface area contributed by atoms with E-state index in [9.17, 15) is 8.42 Å². The first-order valence-corrected chi connectivity index (χ1v) is 5.73. The highest BCUT2D eigenvalue weighted by molar-refractivity contribution is 7.89. The van der Waals surface area contributed by atoms with Crippen LogP contribution >= 0.6 is 0 Å². The molecule has 2 N–H and O–H groups in total. The van der Waals surface area contributed by atoms with Crippen molar-refractivity contribution in [1.29, 1.82) is 0 Å². The second kappa shape index (κ2) is 3.48. The maximum absolute atomic E-state index is 11.1. The van der Waals surface area contributed by atoms with Gasteiger partial charge in [-0.25, -0.2) is 18.5 Å². The standard InChI is InChI=1S/C9H9N3O2S/c10-15(13,14)9-3-1-2-8(6-9)12-5-4-11-7-12/h1-7H,(H2,10,13,14). The highest BCUT2D eigenvalue weighted by Crippen LogP contribution is 2.13. The Morgan fingerprint density at radius 2 is 2.13 bits per heavy atom. The van der Waals surface area contributed by atoms with Crippen LogP contribution < -0.4 is 5.14 Å². The van der Waals surface area contributed by atoms with Crippen molar-refractivity contribution in [2.45, 2.75) is 4.90 Å². The van der Waals surface area contributed by atoms with Gasteiger partial charge in [0.1, 0.15) is 0 Å². The summed E-state index contributed by atoms with van der Waals surface area (Å²) in [6, 6.07) is 6.36. The molecule has 0 saturated carbocycles. The Labute approximate surface area is 87.2 Å². The lowest BCUT2D eigenvalue weighted by Gasteiger charge is -2.03. The molecule has 0 aliphatic rings. The van der Waals surface area contributed by atoms with Crippen LogP contribution in [0.4, 0.5) is 0 Å². The second-order valence-corrected chi connectivity index (χ2v) is 4.57. The minimum atomic E-state index is -3.65. The summed E-state index contributed by atoms with van der Waals surface area (Å²) in [5.41, 5.74) is 0.707. The molecule has 0 aliphatic heterocycles. The molecule has 0 spiro atoms. The fraction of sp³-hybridized carbons (Fsp3) is 0. The van der Waals surface area contributed by atoms with E-state index in [4.69, 9.17) is 5.14 Å². The number of aromatic nitrogens is 2. The Morgan fingerprint density at radius 1 is 1.33 bits per heavy atom. The van der Waals surface area contributed by atoms with Gasteiger partial charge in [-0.1, -0.05) is 6.07 Å². The Bertz CT molecular complexity index is 561. The Hall–Kier alpha value is -1.66. The molecule has 15 heavy (non-hydrogen) atoms. The van der Waals surface area contributed by atoms with Crippen molar-refractivity contribution in [3.8, 4) is 5.69 Å². The third-order valence-corrected chi connectivity index (χ3v) is 2.86. The first-order chi connectivity index (χ1) is 7.07. The zero-order valence-corrected chi connectivity index (χ0v) is 8.55. The van der Waals surface area contributed by atoms with Gasteiger partial charge >= 0.3 is 0 Å². The molecule has 78 valence electrons. The Kier molecular flexibility index (Phi) is 2.29. The molecular weight excluding hydrogens is 214 g/mol. The van der Waals surface area contributed by atoms with E-state index < -0.39 is 10.0 Å². The summed E-state index contributed by atoms with van der Waals surface area (Å²) in [7, 11) is -3.65. The Morgan fingerprint density at radius 3 is 2.73 bits per heavy atom. The minimum absolute atomic E-state index is 0.0914. The molecule has 1 aromatic heterocycles. The average Bonchev–Trinajstić information content (AvgIpc) is 2.69. The van der Waals surface area contributed by atoms with Crippen LogP contribution in [0, 0.1) is 0 Å². The van der Waals surface area contributed by atoms with Crippen LogP contribution in [0.1, 0.15) is 0 Å². The molecule has 0 unspecified atom stereocenters. The van der Waals surface area contributed by atoms with Gasteiger partial charge in [0.05, 0.1) is 11.2 Å². The quantitative estimate of drug-likeness (QED) is 0.806. The zero-order chi connectivity index (χ0) is 10.9. The van der Waals surface area contributed by atoms with Gasteiger partial charge < -0.3 is 4.57 Å². The molecule has 0 atom stereocenters. The summed E-state index contributed by atoms with van der Waals surface area (Å²) >= 11 is 0. The number of benzene rings is 1. The van der Waals surface area contributed by atoms with Gasteiger partial charge in [0.2, 0.25) is 10.0 Å². The maximum atomic E-state index is 11.1. The number of sulfonamides is 1. The number of hydrogen-bond acceptors (Lipinski definition) is 3. The molecule has 2 rings (SSSR count). The van der Waals surface area contributed by atoms with Crippen molar-refractivity contribution in [2.75, 3.05) is 0 Å². The number of nitrogens with two attached hydrogens (primary N) is 1. The van der Waals surface area contributed by atoms with E-state index in [0.29, 0.717) is 5.69 Å². The van der Waals surface area contributed by atoms with E-state index in [1.807, 2.05) is 0 Å². The monoisotopic (exact) mass is 223 g/mol. The van der Waals surface area contributed by atoms with Gasteiger partial charge in [0.25, 0.3) is 0 Å². The van der Waals surface area contributed by atoms with Crippen LogP contribution in [0.5, 0.6) is 0 Å². The normalized spacial score (nSPS) is 11.5. The van der Waals surface area contributed by atoms with Gasteiger partial charge in [-0.05, 0) is 18.2 Å². The summed E-state index contributed by atoms with van der Waals surface area (Å²) in [4.78, 5) is 3.96. The molecule has 0 radical (unpaired) electrons. The summed E-state index contributed by atoms with van der Waals surface area (Å²) < 4.78 is 23.9. The summed E-state index contributed by atoms with van der Waals surface area (Å²) in [5.74, 6) is 0. The van der Waals surface area contributed by atoms with E-state index in [2.05, 4.69) is 4.98 Å². The van der Waals surface area contributed by atoms with Crippen LogP contribution in [0.25, 0.3) is 5.69 Å². The highest BCUT2D eigenvalue weighted by atomic mass is 32.2. The zero-order valence-electron chi connectivity index (χ0n) is 7.74. The van der Waals surface area contributed by atoms with Crippen molar-refractivity contribution in [3.63, 3.8) is 0 Å². The van der Waals surface area contributed by atoms with Crippen molar-refractivity contribution >= 4 is 10.0 Å². The summed E-state index contributed by atoms with van der Waals surface area (Å²) in [6.07, 6.45) is 4.92. The lowest BCUT2D eigenvalue weighted by atomic mass is 10.3. The number of imidazole rings is 1.